The van der Waals surface area contributed by atoms with Crippen molar-refractivity contribution in [2.24, 2.45) is 5.92 Å². The molecule has 0 aliphatic carbocycles. The van der Waals surface area contributed by atoms with Crippen LogP contribution in [0.4, 0.5) is 0 Å². The fraction of sp³-hybridized carbons (Fsp3) is 0.545. The first-order valence-electron chi connectivity index (χ1n) is 5.30. The Bertz CT molecular complexity index is 342. The zero-order valence-electron chi connectivity index (χ0n) is 8.88. The van der Waals surface area contributed by atoms with Gasteiger partial charge in [0.15, 0.2) is 0 Å². The van der Waals surface area contributed by atoms with Gasteiger partial charge in [-0.3, -0.25) is 4.79 Å². The highest BCUT2D eigenvalue weighted by atomic mass is 32.1. The number of carbonyl (C=O) groups is 1. The quantitative estimate of drug-likeness (QED) is 0.814. The van der Waals surface area contributed by atoms with Crippen molar-refractivity contribution in [1.29, 1.82) is 0 Å². The van der Waals surface area contributed by atoms with E-state index < -0.39 is 0 Å². The molecule has 1 aliphatic rings. The number of rotatable bonds is 3. The molecule has 15 heavy (non-hydrogen) atoms. The second kappa shape index (κ2) is 4.77. The van der Waals surface area contributed by atoms with E-state index in [2.05, 4.69) is 10.6 Å². The predicted octanol–water partition coefficient (Wildman–Crippen LogP) is 1.40. The van der Waals surface area contributed by atoms with Crippen molar-refractivity contribution in [3.63, 3.8) is 0 Å². The first kappa shape index (κ1) is 10.6. The Balaban J connectivity index is 1.84. The van der Waals surface area contributed by atoms with Gasteiger partial charge in [-0.1, -0.05) is 0 Å². The molecule has 1 aliphatic heterocycles. The molecule has 0 radical (unpaired) electrons. The van der Waals surface area contributed by atoms with Crippen LogP contribution in [0.1, 0.15) is 21.7 Å². The van der Waals surface area contributed by atoms with E-state index in [1.54, 1.807) is 0 Å². The third kappa shape index (κ3) is 2.58. The number of nitrogens with one attached hydrogen (secondary N) is 2. The number of aryl methyl sites for hydroxylation is 1. The minimum Gasteiger partial charge on any atom is -0.351 e. The van der Waals surface area contributed by atoms with Crippen LogP contribution in [0.25, 0.3) is 0 Å². The maximum atomic E-state index is 11.8. The lowest BCUT2D eigenvalue weighted by atomic mass is 10.1. The highest BCUT2D eigenvalue weighted by Crippen LogP contribution is 2.15. The third-order valence-electron chi connectivity index (χ3n) is 2.78. The highest BCUT2D eigenvalue weighted by Gasteiger charge is 2.16. The van der Waals surface area contributed by atoms with Gasteiger partial charge >= 0.3 is 0 Å². The van der Waals surface area contributed by atoms with E-state index in [1.807, 2.05) is 18.4 Å². The van der Waals surface area contributed by atoms with Crippen molar-refractivity contribution in [1.82, 2.24) is 10.6 Å². The van der Waals surface area contributed by atoms with Crippen molar-refractivity contribution in [3.05, 3.63) is 21.9 Å². The largest absolute Gasteiger partial charge is 0.351 e. The average Bonchev–Trinajstić information content (AvgIpc) is 2.84. The van der Waals surface area contributed by atoms with Crippen molar-refractivity contribution in [2.75, 3.05) is 19.6 Å². The summed E-state index contributed by atoms with van der Waals surface area (Å²) in [6, 6.07) is 1.98. The van der Waals surface area contributed by atoms with Crippen molar-refractivity contribution in [3.8, 4) is 0 Å². The monoisotopic (exact) mass is 224 g/mol. The second-order valence-corrected chi connectivity index (χ2v) is 4.92. The summed E-state index contributed by atoms with van der Waals surface area (Å²) in [5, 5.41) is 8.25. The number of hydrogen-bond donors (Lipinski definition) is 2. The lowest BCUT2D eigenvalue weighted by molar-refractivity contribution is 0.0951. The van der Waals surface area contributed by atoms with Gasteiger partial charge in [-0.05, 0) is 49.4 Å². The van der Waals surface area contributed by atoms with E-state index in [0.29, 0.717) is 5.92 Å². The van der Waals surface area contributed by atoms with Crippen LogP contribution in [0.3, 0.4) is 0 Å². The van der Waals surface area contributed by atoms with E-state index in [-0.39, 0.29) is 5.91 Å². The first-order valence-corrected chi connectivity index (χ1v) is 6.18. The fourth-order valence-electron chi connectivity index (χ4n) is 1.81. The van der Waals surface area contributed by atoms with Crippen LogP contribution in [0.15, 0.2) is 11.4 Å². The Morgan fingerprint density at radius 3 is 3.20 bits per heavy atom. The topological polar surface area (TPSA) is 41.1 Å². The van der Waals surface area contributed by atoms with Gasteiger partial charge in [0.1, 0.15) is 0 Å². The molecule has 2 heterocycles. The minimum absolute atomic E-state index is 0.0781. The Morgan fingerprint density at radius 2 is 2.60 bits per heavy atom. The minimum atomic E-state index is 0.0781. The Labute approximate surface area is 93.9 Å². The fourth-order valence-corrected chi connectivity index (χ4v) is 2.65. The smallest absolute Gasteiger partial charge is 0.261 e. The summed E-state index contributed by atoms with van der Waals surface area (Å²) in [7, 11) is 0. The second-order valence-electron chi connectivity index (χ2n) is 4.00. The standard InChI is InChI=1S/C11H16N2OS/c1-8-3-5-15-10(8)11(14)13-7-9-2-4-12-6-9/h3,5,9,12H,2,4,6-7H2,1H3,(H,13,14)/t9-/m1/s1. The van der Waals surface area contributed by atoms with Gasteiger partial charge in [0.25, 0.3) is 5.91 Å². The molecule has 2 N–H and O–H groups in total. The molecular formula is C11H16N2OS. The van der Waals surface area contributed by atoms with Gasteiger partial charge in [-0.2, -0.15) is 0 Å². The number of amides is 1. The molecule has 0 saturated carbocycles. The van der Waals surface area contributed by atoms with Gasteiger partial charge in [0, 0.05) is 6.54 Å². The summed E-state index contributed by atoms with van der Waals surface area (Å²) in [5.41, 5.74) is 1.07. The summed E-state index contributed by atoms with van der Waals surface area (Å²) >= 11 is 1.51. The molecule has 0 bridgehead atoms. The SMILES string of the molecule is Cc1ccsc1C(=O)NC[C@@H]1CCNC1. The molecule has 1 saturated heterocycles. The average molecular weight is 224 g/mol. The predicted molar refractivity (Wildman–Crippen MR) is 62.4 cm³/mol. The maximum Gasteiger partial charge on any atom is 0.261 e. The molecule has 82 valence electrons. The Morgan fingerprint density at radius 1 is 1.73 bits per heavy atom. The zero-order chi connectivity index (χ0) is 10.7. The molecule has 2 rings (SSSR count). The van der Waals surface area contributed by atoms with E-state index in [4.69, 9.17) is 0 Å². The molecule has 1 atom stereocenters. The van der Waals surface area contributed by atoms with Crippen LogP contribution < -0.4 is 10.6 Å². The van der Waals surface area contributed by atoms with E-state index in [9.17, 15) is 4.79 Å². The number of thiophene rings is 1. The molecule has 3 nitrogen and oxygen atoms in total. The van der Waals surface area contributed by atoms with Crippen molar-refractivity contribution in [2.45, 2.75) is 13.3 Å². The van der Waals surface area contributed by atoms with E-state index >= 15 is 0 Å². The van der Waals surface area contributed by atoms with Crippen molar-refractivity contribution < 1.29 is 4.79 Å². The molecule has 1 amide bonds. The van der Waals surface area contributed by atoms with E-state index in [0.717, 1.165) is 30.1 Å². The lowest BCUT2D eigenvalue weighted by Gasteiger charge is -2.09. The molecule has 0 aromatic carbocycles. The normalized spacial score (nSPS) is 20.5. The van der Waals surface area contributed by atoms with Crippen LogP contribution in [0, 0.1) is 12.8 Å². The third-order valence-corrected chi connectivity index (χ3v) is 3.80. The first-order chi connectivity index (χ1) is 7.27. The van der Waals surface area contributed by atoms with Gasteiger partial charge in [0.2, 0.25) is 0 Å². The van der Waals surface area contributed by atoms with Crippen LogP contribution >= 0.6 is 11.3 Å². The van der Waals surface area contributed by atoms with Gasteiger partial charge in [-0.15, -0.1) is 11.3 Å². The van der Waals surface area contributed by atoms with Crippen molar-refractivity contribution >= 4 is 17.2 Å². The number of carbonyl (C=O) groups excluding carboxylic acids is 1. The Hall–Kier alpha value is -0.870. The molecule has 4 heteroatoms. The lowest BCUT2D eigenvalue weighted by Crippen LogP contribution is -2.30. The summed E-state index contributed by atoms with van der Waals surface area (Å²) in [5.74, 6) is 0.684. The van der Waals surface area contributed by atoms with Gasteiger partial charge in [0.05, 0.1) is 4.88 Å². The molecule has 1 fully saturated rings. The summed E-state index contributed by atoms with van der Waals surface area (Å²) < 4.78 is 0. The van der Waals surface area contributed by atoms with Crippen LogP contribution in [-0.2, 0) is 0 Å². The molecule has 0 unspecified atom stereocenters. The maximum absolute atomic E-state index is 11.8. The molecule has 0 spiro atoms. The van der Waals surface area contributed by atoms with Gasteiger partial charge in [-0.25, -0.2) is 0 Å². The van der Waals surface area contributed by atoms with E-state index in [1.165, 1.54) is 17.8 Å². The molecular weight excluding hydrogens is 208 g/mol. The summed E-state index contributed by atoms with van der Waals surface area (Å²) in [4.78, 5) is 12.6. The summed E-state index contributed by atoms with van der Waals surface area (Å²) in [6.45, 7) is 4.88. The van der Waals surface area contributed by atoms with Crippen LogP contribution in [0.5, 0.6) is 0 Å². The van der Waals surface area contributed by atoms with Gasteiger partial charge < -0.3 is 10.6 Å². The zero-order valence-corrected chi connectivity index (χ0v) is 9.69. The highest BCUT2D eigenvalue weighted by molar-refractivity contribution is 7.12. The summed E-state index contributed by atoms with van der Waals surface area (Å²) in [6.07, 6.45) is 1.17. The number of hydrogen-bond acceptors (Lipinski definition) is 3. The van der Waals surface area contributed by atoms with Crippen LogP contribution in [0.2, 0.25) is 0 Å². The molecule has 1 aromatic rings. The van der Waals surface area contributed by atoms with Crippen LogP contribution in [-0.4, -0.2) is 25.5 Å². The molecule has 1 aromatic heterocycles. The Kier molecular flexibility index (Phi) is 3.38.